The fourth-order valence-electron chi connectivity index (χ4n) is 4.77. The zero-order valence-corrected chi connectivity index (χ0v) is 20.3. The molecule has 0 radical (unpaired) electrons. The molecule has 0 spiro atoms. The van der Waals surface area contributed by atoms with Crippen LogP contribution in [0.1, 0.15) is 5.56 Å². The maximum absolute atomic E-state index is 6.95. The molecule has 164 valence electrons. The number of aryl methyl sites for hydroxylation is 1. The van der Waals surface area contributed by atoms with Gasteiger partial charge in [0.05, 0.1) is 0 Å². The van der Waals surface area contributed by atoms with E-state index in [0.29, 0.717) is 5.15 Å². The summed E-state index contributed by atoms with van der Waals surface area (Å²) in [5, 5.41) is 9.64. The van der Waals surface area contributed by atoms with E-state index in [1.165, 1.54) is 15.9 Å². The van der Waals surface area contributed by atoms with Gasteiger partial charge in [-0.2, -0.15) is 0 Å². The van der Waals surface area contributed by atoms with Gasteiger partial charge in [-0.15, -0.1) is 0 Å². The molecule has 0 N–H and O–H groups in total. The molecular formula is C29H26ClN2P. The second kappa shape index (κ2) is 9.35. The van der Waals surface area contributed by atoms with Crippen LogP contribution in [0, 0.1) is 0 Å². The molecular weight excluding hydrogens is 443 g/mol. The van der Waals surface area contributed by atoms with Gasteiger partial charge in [-0.1, -0.05) is 0 Å². The van der Waals surface area contributed by atoms with Crippen LogP contribution in [0.25, 0.3) is 11.3 Å². The zero-order valence-electron chi connectivity index (χ0n) is 18.5. The molecule has 0 atom stereocenters. The van der Waals surface area contributed by atoms with Crippen LogP contribution in [-0.4, -0.2) is 9.78 Å². The fourth-order valence-corrected chi connectivity index (χ4v) is 9.84. The molecule has 5 aromatic rings. The first-order chi connectivity index (χ1) is 16.2. The van der Waals surface area contributed by atoms with Crippen molar-refractivity contribution in [2.75, 3.05) is 0 Å². The Bertz CT molecular complexity index is 1240. The van der Waals surface area contributed by atoms with Crippen LogP contribution in [-0.2, 0) is 13.2 Å². The van der Waals surface area contributed by atoms with Gasteiger partial charge in [-0.3, -0.25) is 0 Å². The molecule has 0 amide bonds. The predicted molar refractivity (Wildman–Crippen MR) is 144 cm³/mol. The molecule has 0 unspecified atom stereocenters. The SMILES string of the molecule is Cn1nc(-c2ccccc2)c(C[PH](c2ccccc2)(c2ccccc2)c2ccccc2)c1Cl. The molecule has 4 heteroatoms. The van der Waals surface area contributed by atoms with Gasteiger partial charge in [-0.25, -0.2) is 0 Å². The maximum atomic E-state index is 6.95. The monoisotopic (exact) mass is 468 g/mol. The third-order valence-electron chi connectivity index (χ3n) is 6.36. The zero-order chi connectivity index (χ0) is 22.7. The van der Waals surface area contributed by atoms with Crippen LogP contribution in [0.4, 0.5) is 0 Å². The van der Waals surface area contributed by atoms with Crippen LogP contribution in [0.5, 0.6) is 0 Å². The van der Waals surface area contributed by atoms with Crippen LogP contribution < -0.4 is 15.9 Å². The van der Waals surface area contributed by atoms with Gasteiger partial charge in [0.25, 0.3) is 0 Å². The summed E-state index contributed by atoms with van der Waals surface area (Å²) in [6.07, 6.45) is 0.821. The van der Waals surface area contributed by atoms with E-state index in [4.69, 9.17) is 16.7 Å². The van der Waals surface area contributed by atoms with Crippen molar-refractivity contribution in [2.45, 2.75) is 6.16 Å². The van der Waals surface area contributed by atoms with E-state index in [1.54, 1.807) is 4.68 Å². The summed E-state index contributed by atoms with van der Waals surface area (Å²) in [5.74, 6) is 0. The van der Waals surface area contributed by atoms with E-state index < -0.39 is 7.26 Å². The Kier molecular flexibility index (Phi) is 6.13. The Morgan fingerprint density at radius 3 is 1.45 bits per heavy atom. The summed E-state index contributed by atoms with van der Waals surface area (Å²) in [5.41, 5.74) is 3.16. The summed E-state index contributed by atoms with van der Waals surface area (Å²) >= 11 is 6.95. The number of hydrogen-bond acceptors (Lipinski definition) is 1. The number of halogens is 1. The first-order valence-electron chi connectivity index (χ1n) is 11.1. The molecule has 33 heavy (non-hydrogen) atoms. The number of aromatic nitrogens is 2. The van der Waals surface area contributed by atoms with E-state index >= 15 is 0 Å². The predicted octanol–water partition coefficient (Wildman–Crippen LogP) is 5.97. The second-order valence-corrected chi connectivity index (χ2v) is 12.5. The van der Waals surface area contributed by atoms with Crippen molar-refractivity contribution >= 4 is 34.8 Å². The van der Waals surface area contributed by atoms with Gasteiger partial charge >= 0.3 is 201 Å². The van der Waals surface area contributed by atoms with Crippen molar-refractivity contribution in [3.63, 3.8) is 0 Å². The molecule has 0 fully saturated rings. The average Bonchev–Trinajstić information content (AvgIpc) is 3.17. The van der Waals surface area contributed by atoms with Gasteiger partial charge in [0.2, 0.25) is 0 Å². The minimum absolute atomic E-state index is 0.702. The van der Waals surface area contributed by atoms with Crippen molar-refractivity contribution in [1.82, 2.24) is 9.78 Å². The second-order valence-electron chi connectivity index (χ2n) is 8.29. The van der Waals surface area contributed by atoms with Gasteiger partial charge < -0.3 is 0 Å². The Morgan fingerprint density at radius 1 is 0.636 bits per heavy atom. The van der Waals surface area contributed by atoms with Gasteiger partial charge in [0.15, 0.2) is 0 Å². The first-order valence-corrected chi connectivity index (χ1v) is 13.7. The van der Waals surface area contributed by atoms with Crippen LogP contribution in [0.15, 0.2) is 121 Å². The average molecular weight is 469 g/mol. The standard InChI is InChI=1S/C29H26ClN2P/c1-32-29(30)27(28(31-32)23-14-6-2-7-15-23)22-33(24-16-8-3-9-17-24,25-18-10-4-11-19-25)26-20-12-5-13-21-26/h2-21,33H,22H2,1H3. The molecule has 2 nitrogen and oxygen atoms in total. The van der Waals surface area contributed by atoms with Gasteiger partial charge in [-0.05, 0) is 0 Å². The minimum atomic E-state index is -2.48. The third-order valence-corrected chi connectivity index (χ3v) is 11.7. The molecule has 5 rings (SSSR count). The van der Waals surface area contributed by atoms with Crippen LogP contribution >= 0.6 is 18.9 Å². The quantitative estimate of drug-likeness (QED) is 0.281. The van der Waals surface area contributed by atoms with E-state index in [1.807, 2.05) is 13.1 Å². The number of hydrogen-bond donors (Lipinski definition) is 0. The van der Waals surface area contributed by atoms with Crippen LogP contribution in [0.2, 0.25) is 5.15 Å². The van der Waals surface area contributed by atoms with Crippen molar-refractivity contribution < 1.29 is 0 Å². The Hall–Kier alpha value is -3.19. The van der Waals surface area contributed by atoms with Gasteiger partial charge in [0, 0.05) is 0 Å². The van der Waals surface area contributed by atoms with Crippen molar-refractivity contribution in [2.24, 2.45) is 7.05 Å². The van der Waals surface area contributed by atoms with Crippen LogP contribution in [0.3, 0.4) is 0 Å². The normalized spacial score (nSPS) is 11.9. The summed E-state index contributed by atoms with van der Waals surface area (Å²) in [6, 6.07) is 43.2. The molecule has 0 bridgehead atoms. The summed E-state index contributed by atoms with van der Waals surface area (Å²) in [7, 11) is -0.559. The number of benzene rings is 4. The molecule has 0 saturated heterocycles. The fraction of sp³-hybridized carbons (Fsp3) is 0.0690. The van der Waals surface area contributed by atoms with Crippen molar-refractivity contribution in [3.8, 4) is 11.3 Å². The Labute approximate surface area is 200 Å². The molecule has 1 heterocycles. The van der Waals surface area contributed by atoms with Crippen molar-refractivity contribution in [1.29, 1.82) is 0 Å². The summed E-state index contributed by atoms with van der Waals surface area (Å²) in [6.45, 7) is 0. The first kappa shape index (κ1) is 21.6. The van der Waals surface area contributed by atoms with E-state index in [0.717, 1.165) is 23.0 Å². The summed E-state index contributed by atoms with van der Waals surface area (Å²) in [4.78, 5) is 0. The van der Waals surface area contributed by atoms with E-state index in [-0.39, 0.29) is 0 Å². The topological polar surface area (TPSA) is 17.8 Å². The number of rotatable bonds is 6. The molecule has 1 aromatic heterocycles. The van der Waals surface area contributed by atoms with E-state index in [2.05, 4.69) is 115 Å². The third kappa shape index (κ3) is 4.02. The molecule has 0 aliphatic heterocycles. The molecule has 0 aliphatic rings. The van der Waals surface area contributed by atoms with Crippen molar-refractivity contribution in [3.05, 3.63) is 132 Å². The molecule has 0 saturated carbocycles. The van der Waals surface area contributed by atoms with E-state index in [9.17, 15) is 0 Å². The molecule has 0 aliphatic carbocycles. The Balaban J connectivity index is 1.81. The van der Waals surface area contributed by atoms with Gasteiger partial charge in [0.1, 0.15) is 0 Å². The number of nitrogens with zero attached hydrogens (tertiary/aromatic N) is 2. The molecule has 4 aromatic carbocycles. The Morgan fingerprint density at radius 2 is 1.03 bits per heavy atom. The summed E-state index contributed by atoms with van der Waals surface area (Å²) < 4.78 is 1.80.